The summed E-state index contributed by atoms with van der Waals surface area (Å²) in [5.41, 5.74) is 8.24. The standard InChI is InChI=1S/C24H29ClN4O.C23H33ClN4O.C21H31ClN4O.C19H27ClN4O.C17H24ClN3O/c1-16(27-20-7-5-4-6-8-20)29-11-9-18(10-12-29)24(2,3)23(30)21-14-19(25)13-17-15-26-28-22(17)21;1-15(26-19-6-4-5-7-19)28-10-8-17(9-11-28)23(2,3)22(29)20-13-18(24)12-16-14-25-27-21(16)20;1-13(2)24-14(3)26-8-6-16(7-9-26)21(4,5)20(27)18-11-17(22)10-15-12-23-25-19(15)18;1-12(21-4)24-7-5-14(6-8-24)19(2,3)18(25)16-10-15(20)9-13-11-22-23-17(13)16;1-17(2,12-4-6-21(3)7-5-12)16(22)14-9-13(18)8-11-10-19-20-15(11)14/h4-8,13-15,18,23,27,30H,1,9-12H2,2-3H3,(H,26,28);12-14,17,19,22,26,29H,1,4-11H2,2-3H3,(H,25,27);10-13,16,20,24,27H,3,6-9H2,1-2,4-5H3,(H,23,25);9-11,14,18,21,25H,1,5-8H2,2-4H3,(H,22,23);8-10,12,16,22H,4-7H2,1-3H3,(H,19,20). The molecule has 24 nitrogen and oxygen atoms in total. The van der Waals surface area contributed by atoms with Gasteiger partial charge in [0.1, 0.15) is 0 Å². The van der Waals surface area contributed by atoms with Crippen molar-refractivity contribution in [2.24, 2.45) is 56.7 Å². The number of aliphatic hydroxyl groups excluding tert-OH is 5. The number of para-hydroxylation sites is 1. The van der Waals surface area contributed by atoms with Gasteiger partial charge in [0.15, 0.2) is 0 Å². The number of hydrogen-bond acceptors (Lipinski definition) is 19. The van der Waals surface area contributed by atoms with Crippen molar-refractivity contribution >= 4 is 118 Å². The number of likely N-dealkylation sites (tertiary alicyclic amines) is 5. The maximum absolute atomic E-state index is 11.4. The van der Waals surface area contributed by atoms with E-state index in [-0.39, 0.29) is 27.1 Å². The van der Waals surface area contributed by atoms with E-state index in [1.165, 1.54) is 25.7 Å². The number of fused-ring (bicyclic) bond motifs is 5. The lowest BCUT2D eigenvalue weighted by Crippen LogP contribution is -2.44. The summed E-state index contributed by atoms with van der Waals surface area (Å²) in [5, 5.41) is 113. The predicted molar refractivity (Wildman–Crippen MR) is 546 cm³/mol. The molecule has 6 fully saturated rings. The molecule has 0 radical (unpaired) electrons. The summed E-state index contributed by atoms with van der Waals surface area (Å²) >= 11 is 31.4. The highest BCUT2D eigenvalue weighted by atomic mass is 35.5. The fraction of sp³-hybridized carbons (Fsp3) is 0.529. The Morgan fingerprint density at radius 3 is 0.872 bits per heavy atom. The van der Waals surface area contributed by atoms with Gasteiger partial charge < -0.3 is 71.3 Å². The lowest BCUT2D eigenvalue weighted by molar-refractivity contribution is -0.0158. The highest BCUT2D eigenvalue weighted by Crippen LogP contribution is 2.53. The van der Waals surface area contributed by atoms with Crippen molar-refractivity contribution in [2.45, 2.75) is 216 Å². The van der Waals surface area contributed by atoms with Crippen molar-refractivity contribution in [3.63, 3.8) is 0 Å². The molecule has 0 bridgehead atoms. The highest BCUT2D eigenvalue weighted by Gasteiger charge is 2.46. The Kier molecular flexibility index (Phi) is 33.4. The van der Waals surface area contributed by atoms with Crippen molar-refractivity contribution in [3.8, 4) is 0 Å². The summed E-state index contributed by atoms with van der Waals surface area (Å²) in [4.78, 5) is 11.6. The minimum absolute atomic E-state index is 0.204. The van der Waals surface area contributed by atoms with E-state index in [9.17, 15) is 25.5 Å². The summed E-state index contributed by atoms with van der Waals surface area (Å²) in [6.07, 6.45) is 21.3. The lowest BCUT2D eigenvalue weighted by Gasteiger charge is -2.44. The molecular formula is C104H144Cl5N19O5. The topological polar surface area (TPSA) is 309 Å². The molecule has 17 rings (SSSR count). The van der Waals surface area contributed by atoms with E-state index >= 15 is 0 Å². The number of piperidine rings is 5. The van der Waals surface area contributed by atoms with Crippen molar-refractivity contribution in [1.82, 2.24) is 91.4 Å². The van der Waals surface area contributed by atoms with E-state index in [0.29, 0.717) is 66.8 Å². The minimum atomic E-state index is -0.638. The monoisotopic (exact) mass is 1910 g/mol. The third-order valence-electron chi connectivity index (χ3n) is 30.7. The first-order valence-corrected chi connectivity index (χ1v) is 49.5. The van der Waals surface area contributed by atoms with Gasteiger partial charge in [-0.25, -0.2) is 0 Å². The molecule has 720 valence electrons. The lowest BCUT2D eigenvalue weighted by atomic mass is 9.68. The van der Waals surface area contributed by atoms with Crippen LogP contribution in [-0.4, -0.2) is 193 Å². The van der Waals surface area contributed by atoms with Crippen LogP contribution in [0, 0.1) is 56.7 Å². The molecule has 0 spiro atoms. The zero-order valence-corrected chi connectivity index (χ0v) is 84.2. The van der Waals surface area contributed by atoms with E-state index in [2.05, 4.69) is 213 Å². The van der Waals surface area contributed by atoms with Crippen molar-refractivity contribution in [1.29, 1.82) is 0 Å². The maximum Gasteiger partial charge on any atom is 0.0983 e. The van der Waals surface area contributed by atoms with E-state index in [1.807, 2.05) is 98.0 Å². The Bertz CT molecular complexity index is 5710. The van der Waals surface area contributed by atoms with Crippen molar-refractivity contribution < 1.29 is 25.5 Å². The largest absolute Gasteiger partial charge is 0.388 e. The molecule has 10 heterocycles. The number of hydrogen-bond donors (Lipinski definition) is 14. The van der Waals surface area contributed by atoms with Gasteiger partial charge in [-0.1, -0.05) is 185 Å². The zero-order valence-electron chi connectivity index (χ0n) is 80.4. The van der Waals surface area contributed by atoms with Gasteiger partial charge in [0.2, 0.25) is 0 Å². The second-order valence-electron chi connectivity index (χ2n) is 41.3. The molecule has 133 heavy (non-hydrogen) atoms. The Balaban J connectivity index is 0.000000142. The number of nitrogens with one attached hydrogen (secondary N) is 9. The quantitative estimate of drug-likeness (QED) is 0.0240. The molecule has 6 aliphatic rings. The van der Waals surface area contributed by atoms with Gasteiger partial charge in [-0.3, -0.25) is 25.5 Å². The maximum atomic E-state index is 11.4. The molecule has 1 saturated carbocycles. The number of anilines is 1. The van der Waals surface area contributed by atoms with Crippen LogP contribution in [0.1, 0.15) is 231 Å². The number of benzene rings is 6. The minimum Gasteiger partial charge on any atom is -0.388 e. The Hall–Kier alpha value is -8.76. The average Bonchev–Trinajstić information content (AvgIpc) is 1.72. The van der Waals surface area contributed by atoms with Gasteiger partial charge in [0.25, 0.3) is 0 Å². The van der Waals surface area contributed by atoms with Crippen LogP contribution < -0.4 is 21.3 Å². The van der Waals surface area contributed by atoms with Gasteiger partial charge in [-0.05, 0) is 240 Å². The van der Waals surface area contributed by atoms with Crippen molar-refractivity contribution in [3.05, 3.63) is 225 Å². The van der Waals surface area contributed by atoms with Crippen LogP contribution in [-0.2, 0) is 0 Å². The summed E-state index contributed by atoms with van der Waals surface area (Å²) in [6, 6.07) is 29.8. The summed E-state index contributed by atoms with van der Waals surface area (Å²) in [6.45, 7) is 52.3. The van der Waals surface area contributed by atoms with E-state index < -0.39 is 30.5 Å². The van der Waals surface area contributed by atoms with Crippen LogP contribution in [0.2, 0.25) is 25.1 Å². The van der Waals surface area contributed by atoms with Gasteiger partial charge in [-0.15, -0.1) is 0 Å². The van der Waals surface area contributed by atoms with Gasteiger partial charge in [-0.2, -0.15) is 25.5 Å². The number of aromatic nitrogens is 10. The third kappa shape index (κ3) is 23.7. The molecule has 14 N–H and O–H groups in total. The molecule has 5 saturated heterocycles. The first kappa shape index (κ1) is 102. The smallest absolute Gasteiger partial charge is 0.0983 e. The van der Waals surface area contributed by atoms with E-state index in [1.54, 1.807) is 31.0 Å². The Morgan fingerprint density at radius 2 is 0.609 bits per heavy atom. The number of H-pyrrole nitrogens is 5. The molecule has 0 amide bonds. The molecule has 5 atom stereocenters. The van der Waals surface area contributed by atoms with Crippen LogP contribution in [0.4, 0.5) is 5.69 Å². The molecular weight excluding hydrogens is 1770 g/mol. The van der Waals surface area contributed by atoms with Gasteiger partial charge in [0.05, 0.1) is 112 Å². The fourth-order valence-corrected chi connectivity index (χ4v) is 22.7. The second kappa shape index (κ2) is 43.7. The van der Waals surface area contributed by atoms with Gasteiger partial charge in [0, 0.05) is 157 Å². The first-order chi connectivity index (χ1) is 63.1. The van der Waals surface area contributed by atoms with Crippen LogP contribution in [0.3, 0.4) is 0 Å². The molecule has 6 aromatic carbocycles. The van der Waals surface area contributed by atoms with Crippen LogP contribution in [0.15, 0.2) is 172 Å². The molecule has 5 aliphatic heterocycles. The highest BCUT2D eigenvalue weighted by molar-refractivity contribution is 6.33. The molecule has 29 heteroatoms. The number of halogens is 5. The normalized spacial score (nSPS) is 18.3. The number of aliphatic hydroxyl groups is 5. The Labute approximate surface area is 811 Å². The summed E-state index contributed by atoms with van der Waals surface area (Å²) in [7, 11) is 4.06. The van der Waals surface area contributed by atoms with Crippen LogP contribution in [0.5, 0.6) is 0 Å². The zero-order chi connectivity index (χ0) is 95.8. The van der Waals surface area contributed by atoms with Gasteiger partial charge >= 0.3 is 0 Å². The average molecular weight is 1920 g/mol. The SMILES string of the molecule is C=C(NC(C)C)N1CCC(C(C)(C)C(O)c2cc(Cl)cc3cn[nH]c23)CC1.C=C(NC)N1CCC(C(C)(C)C(O)c2cc(Cl)cc3cn[nH]c23)CC1.C=C(NC1CCCC1)N1CCC(C(C)(C)C(O)c2cc(Cl)cc3cn[nH]c23)CC1.C=C(Nc1ccccc1)N1CCC(C(C)(C)C(O)c2cc(Cl)cc3cn[nH]c23)CC1.CN1CCC(C(C)(C)C(O)c2cc(Cl)cc3cn[nH]c23)CC1. The third-order valence-corrected chi connectivity index (χ3v) is 31.8. The molecule has 5 aromatic heterocycles. The predicted octanol–water partition coefficient (Wildman–Crippen LogP) is 22.3. The summed E-state index contributed by atoms with van der Waals surface area (Å²) < 4.78 is 0. The molecule has 5 unspecified atom stereocenters. The molecule has 1 aliphatic carbocycles. The number of nitrogens with zero attached hydrogens (tertiary/aromatic N) is 10. The van der Waals surface area contributed by atoms with Crippen LogP contribution >= 0.6 is 58.0 Å². The fourth-order valence-electron chi connectivity index (χ4n) is 21.5. The van der Waals surface area contributed by atoms with Crippen molar-refractivity contribution in [2.75, 3.05) is 84.9 Å². The van der Waals surface area contributed by atoms with Crippen LogP contribution in [0.25, 0.3) is 54.5 Å². The first-order valence-electron chi connectivity index (χ1n) is 47.7. The second-order valence-corrected chi connectivity index (χ2v) is 43.5. The van der Waals surface area contributed by atoms with E-state index in [4.69, 9.17) is 58.0 Å². The van der Waals surface area contributed by atoms with E-state index in [0.717, 1.165) is 241 Å². The summed E-state index contributed by atoms with van der Waals surface area (Å²) in [5.74, 6) is 6.08. The Morgan fingerprint density at radius 1 is 0.361 bits per heavy atom. The number of rotatable bonds is 26. The molecule has 11 aromatic rings. The number of aromatic amines is 5.